The largest absolute Gasteiger partial charge is 0.355 e. The molecular formula is C8H15N3O2. The average Bonchev–Trinajstić information content (AvgIpc) is 2.16. The molecule has 0 aromatic carbocycles. The minimum Gasteiger partial charge on any atom is -0.355 e. The van der Waals surface area contributed by atoms with Crippen LogP contribution in [0.2, 0.25) is 0 Å². The van der Waals surface area contributed by atoms with Crippen LogP contribution in [-0.2, 0) is 9.59 Å². The van der Waals surface area contributed by atoms with Crippen molar-refractivity contribution in [2.24, 2.45) is 0 Å². The van der Waals surface area contributed by atoms with Crippen LogP contribution in [0.5, 0.6) is 0 Å². The fourth-order valence-electron chi connectivity index (χ4n) is 1.17. The lowest BCUT2D eigenvalue weighted by atomic mass is 10.1. The molecule has 1 aliphatic heterocycles. The number of hydrogen-bond acceptors (Lipinski definition) is 3. The van der Waals surface area contributed by atoms with Gasteiger partial charge < -0.3 is 5.32 Å². The molecular weight excluding hydrogens is 170 g/mol. The molecule has 1 rings (SSSR count). The molecule has 74 valence electrons. The number of hydrazine groups is 1. The standard InChI is InChI=1S/C8H15N3O2/c1-2-7(12)11-10-6-4-3-5-9-8(6)13/h6,10H,2-5H2,1H3,(H,9,13)(H,11,12). The van der Waals surface area contributed by atoms with E-state index >= 15 is 0 Å². The summed E-state index contributed by atoms with van der Waals surface area (Å²) in [5.74, 6) is -0.138. The maximum atomic E-state index is 11.2. The molecule has 0 radical (unpaired) electrons. The van der Waals surface area contributed by atoms with E-state index in [1.807, 2.05) is 0 Å². The van der Waals surface area contributed by atoms with E-state index in [1.54, 1.807) is 6.92 Å². The lowest BCUT2D eigenvalue weighted by molar-refractivity contribution is -0.126. The molecule has 0 bridgehead atoms. The highest BCUT2D eigenvalue weighted by Crippen LogP contribution is 2.01. The second-order valence-corrected chi connectivity index (χ2v) is 3.03. The quantitative estimate of drug-likeness (QED) is 0.509. The highest BCUT2D eigenvalue weighted by Gasteiger charge is 2.21. The van der Waals surface area contributed by atoms with E-state index < -0.39 is 0 Å². The first-order chi connectivity index (χ1) is 6.24. The normalized spacial score (nSPS) is 22.2. The van der Waals surface area contributed by atoms with E-state index in [2.05, 4.69) is 16.2 Å². The Morgan fingerprint density at radius 2 is 2.46 bits per heavy atom. The molecule has 5 nitrogen and oxygen atoms in total. The molecule has 1 heterocycles. The number of piperidine rings is 1. The van der Waals surface area contributed by atoms with E-state index in [9.17, 15) is 9.59 Å². The Kier molecular flexibility index (Phi) is 3.70. The zero-order chi connectivity index (χ0) is 9.68. The lowest BCUT2D eigenvalue weighted by Crippen LogP contribution is -2.54. The highest BCUT2D eigenvalue weighted by molar-refractivity contribution is 5.83. The minimum atomic E-state index is -0.274. The Hall–Kier alpha value is -1.10. The summed E-state index contributed by atoms with van der Waals surface area (Å²) in [6, 6.07) is -0.274. The van der Waals surface area contributed by atoms with Crippen LogP contribution < -0.4 is 16.2 Å². The summed E-state index contributed by atoms with van der Waals surface area (Å²) in [5, 5.41) is 2.72. The van der Waals surface area contributed by atoms with E-state index in [4.69, 9.17) is 0 Å². The maximum Gasteiger partial charge on any atom is 0.238 e. The predicted octanol–water partition coefficient (Wildman–Crippen LogP) is -0.704. The van der Waals surface area contributed by atoms with Gasteiger partial charge in [-0.1, -0.05) is 6.92 Å². The molecule has 5 heteroatoms. The lowest BCUT2D eigenvalue weighted by Gasteiger charge is -2.22. The number of carbonyl (C=O) groups excluding carboxylic acids is 2. The Balaban J connectivity index is 2.26. The molecule has 2 amide bonds. The van der Waals surface area contributed by atoms with Gasteiger partial charge in [-0.25, -0.2) is 5.43 Å². The van der Waals surface area contributed by atoms with Gasteiger partial charge >= 0.3 is 0 Å². The molecule has 1 aliphatic rings. The predicted molar refractivity (Wildman–Crippen MR) is 47.6 cm³/mol. The fourth-order valence-corrected chi connectivity index (χ4v) is 1.17. The summed E-state index contributed by atoms with van der Waals surface area (Å²) < 4.78 is 0. The van der Waals surface area contributed by atoms with Crippen LogP contribution in [0.4, 0.5) is 0 Å². The minimum absolute atomic E-state index is 0.0392. The second-order valence-electron chi connectivity index (χ2n) is 3.03. The molecule has 3 N–H and O–H groups in total. The van der Waals surface area contributed by atoms with Gasteiger partial charge in [0.2, 0.25) is 11.8 Å². The summed E-state index contributed by atoms with van der Waals surface area (Å²) in [5.41, 5.74) is 5.19. The first kappa shape index (κ1) is 9.98. The van der Waals surface area contributed by atoms with Crippen molar-refractivity contribution >= 4 is 11.8 Å². The number of hydrogen-bond donors (Lipinski definition) is 3. The van der Waals surface area contributed by atoms with Gasteiger partial charge in [-0.15, -0.1) is 0 Å². The van der Waals surface area contributed by atoms with E-state index in [0.717, 1.165) is 19.4 Å². The SMILES string of the molecule is CCC(=O)NNC1CCCNC1=O. The summed E-state index contributed by atoms with van der Waals surface area (Å²) in [6.45, 7) is 2.50. The molecule has 0 aromatic rings. The van der Waals surface area contributed by atoms with Gasteiger partial charge in [0.1, 0.15) is 6.04 Å². The van der Waals surface area contributed by atoms with Gasteiger partial charge in [0.05, 0.1) is 0 Å². The van der Waals surface area contributed by atoms with Crippen LogP contribution in [0.25, 0.3) is 0 Å². The van der Waals surface area contributed by atoms with Crippen molar-refractivity contribution in [3.05, 3.63) is 0 Å². The van der Waals surface area contributed by atoms with Crippen molar-refractivity contribution < 1.29 is 9.59 Å². The molecule has 0 spiro atoms. The van der Waals surface area contributed by atoms with Crippen LogP contribution in [0, 0.1) is 0 Å². The molecule has 1 fully saturated rings. The zero-order valence-electron chi connectivity index (χ0n) is 7.72. The topological polar surface area (TPSA) is 70.2 Å². The fraction of sp³-hybridized carbons (Fsp3) is 0.750. The van der Waals surface area contributed by atoms with E-state index in [-0.39, 0.29) is 17.9 Å². The molecule has 0 aromatic heterocycles. The van der Waals surface area contributed by atoms with Crippen molar-refractivity contribution in [1.29, 1.82) is 0 Å². The van der Waals surface area contributed by atoms with E-state index in [1.165, 1.54) is 0 Å². The first-order valence-electron chi connectivity index (χ1n) is 4.56. The molecule has 1 atom stereocenters. The van der Waals surface area contributed by atoms with Crippen molar-refractivity contribution in [2.45, 2.75) is 32.2 Å². The van der Waals surface area contributed by atoms with Gasteiger partial charge in [0.15, 0.2) is 0 Å². The van der Waals surface area contributed by atoms with Gasteiger partial charge in [0, 0.05) is 13.0 Å². The molecule has 13 heavy (non-hydrogen) atoms. The monoisotopic (exact) mass is 185 g/mol. The number of nitrogens with one attached hydrogen (secondary N) is 3. The molecule has 1 unspecified atom stereocenters. The third-order valence-electron chi connectivity index (χ3n) is 1.99. The average molecular weight is 185 g/mol. The van der Waals surface area contributed by atoms with Crippen LogP contribution in [-0.4, -0.2) is 24.4 Å². The van der Waals surface area contributed by atoms with Crippen LogP contribution in [0.15, 0.2) is 0 Å². The number of amides is 2. The highest BCUT2D eigenvalue weighted by atomic mass is 16.2. The van der Waals surface area contributed by atoms with Crippen LogP contribution in [0.1, 0.15) is 26.2 Å². The van der Waals surface area contributed by atoms with Crippen molar-refractivity contribution in [3.8, 4) is 0 Å². The molecule has 0 aliphatic carbocycles. The van der Waals surface area contributed by atoms with Gasteiger partial charge in [-0.05, 0) is 12.8 Å². The Bertz CT molecular complexity index is 206. The van der Waals surface area contributed by atoms with Gasteiger partial charge in [-0.3, -0.25) is 15.0 Å². The third-order valence-corrected chi connectivity index (χ3v) is 1.99. The van der Waals surface area contributed by atoms with Gasteiger partial charge in [0.25, 0.3) is 0 Å². The number of rotatable bonds is 3. The Morgan fingerprint density at radius 3 is 3.08 bits per heavy atom. The number of carbonyl (C=O) groups is 2. The van der Waals surface area contributed by atoms with Gasteiger partial charge in [-0.2, -0.15) is 0 Å². The zero-order valence-corrected chi connectivity index (χ0v) is 7.72. The van der Waals surface area contributed by atoms with Crippen LogP contribution in [0.3, 0.4) is 0 Å². The summed E-state index contributed by atoms with van der Waals surface area (Å²) >= 11 is 0. The van der Waals surface area contributed by atoms with Crippen molar-refractivity contribution in [2.75, 3.05) is 6.54 Å². The Morgan fingerprint density at radius 1 is 1.69 bits per heavy atom. The summed E-state index contributed by atoms with van der Waals surface area (Å²) in [6.07, 6.45) is 2.14. The first-order valence-corrected chi connectivity index (χ1v) is 4.56. The van der Waals surface area contributed by atoms with E-state index in [0.29, 0.717) is 6.42 Å². The molecule has 1 saturated heterocycles. The van der Waals surface area contributed by atoms with Crippen molar-refractivity contribution in [3.63, 3.8) is 0 Å². The van der Waals surface area contributed by atoms with Crippen molar-refractivity contribution in [1.82, 2.24) is 16.2 Å². The Labute approximate surface area is 77.2 Å². The summed E-state index contributed by atoms with van der Waals surface area (Å²) in [7, 11) is 0. The smallest absolute Gasteiger partial charge is 0.238 e. The van der Waals surface area contributed by atoms with Crippen LogP contribution >= 0.6 is 0 Å². The summed E-state index contributed by atoms with van der Waals surface area (Å²) in [4.78, 5) is 22.0. The maximum absolute atomic E-state index is 11.2. The second kappa shape index (κ2) is 4.81. The molecule has 0 saturated carbocycles. The third kappa shape index (κ3) is 3.02.